The highest BCUT2D eigenvalue weighted by molar-refractivity contribution is 7.89. The minimum Gasteiger partial charge on any atom is -0.322 e. The van der Waals surface area contributed by atoms with E-state index in [4.69, 9.17) is 11.6 Å². The summed E-state index contributed by atoms with van der Waals surface area (Å²) in [6, 6.07) is 10.2. The third kappa shape index (κ3) is 3.63. The molecule has 7 heteroatoms. The van der Waals surface area contributed by atoms with E-state index in [1.54, 1.807) is 0 Å². The first-order valence-corrected chi connectivity index (χ1v) is 10.3. The molecule has 0 saturated heterocycles. The van der Waals surface area contributed by atoms with Crippen LogP contribution >= 0.6 is 11.6 Å². The van der Waals surface area contributed by atoms with Crippen molar-refractivity contribution < 1.29 is 13.2 Å². The third-order valence-electron chi connectivity index (χ3n) is 4.60. The molecule has 1 amide bonds. The number of aryl methyl sites for hydroxylation is 1. The molecule has 0 unspecified atom stereocenters. The molecule has 0 heterocycles. The normalized spacial score (nSPS) is 14.2. The maximum atomic E-state index is 12.7. The molecule has 0 saturated carbocycles. The zero-order valence-electron chi connectivity index (χ0n) is 14.8. The van der Waals surface area contributed by atoms with Crippen LogP contribution in [0.1, 0.15) is 34.3 Å². The summed E-state index contributed by atoms with van der Waals surface area (Å²) in [6.45, 7) is 0. The van der Waals surface area contributed by atoms with Gasteiger partial charge in [-0.25, -0.2) is 12.7 Å². The van der Waals surface area contributed by atoms with Gasteiger partial charge in [-0.15, -0.1) is 0 Å². The minimum atomic E-state index is -3.73. The Labute approximate surface area is 159 Å². The van der Waals surface area contributed by atoms with E-state index in [0.717, 1.165) is 35.7 Å². The second-order valence-electron chi connectivity index (χ2n) is 6.54. The summed E-state index contributed by atoms with van der Waals surface area (Å²) in [5.74, 6) is -0.351. The van der Waals surface area contributed by atoms with Crippen molar-refractivity contribution in [2.45, 2.75) is 30.6 Å². The van der Waals surface area contributed by atoms with Crippen molar-refractivity contribution in [2.75, 3.05) is 19.4 Å². The Morgan fingerprint density at radius 2 is 1.85 bits per heavy atom. The van der Waals surface area contributed by atoms with Gasteiger partial charge in [0.1, 0.15) is 4.90 Å². The number of nitrogens with one attached hydrogen (secondary N) is 1. The van der Waals surface area contributed by atoms with Crippen LogP contribution in [0.25, 0.3) is 0 Å². The van der Waals surface area contributed by atoms with E-state index in [2.05, 4.69) is 11.4 Å². The van der Waals surface area contributed by atoms with Gasteiger partial charge in [0.15, 0.2) is 0 Å². The summed E-state index contributed by atoms with van der Waals surface area (Å²) in [5, 5.41) is 3.01. The van der Waals surface area contributed by atoms with Crippen LogP contribution in [0.4, 0.5) is 5.69 Å². The van der Waals surface area contributed by atoms with Gasteiger partial charge in [-0.3, -0.25) is 4.79 Å². The molecule has 0 atom stereocenters. The molecule has 5 nitrogen and oxygen atoms in total. The lowest BCUT2D eigenvalue weighted by molar-refractivity contribution is 0.102. The van der Waals surface area contributed by atoms with E-state index < -0.39 is 10.0 Å². The van der Waals surface area contributed by atoms with Gasteiger partial charge in [0, 0.05) is 25.3 Å². The average Bonchev–Trinajstić information content (AvgIpc) is 2.62. The molecule has 2 aromatic rings. The van der Waals surface area contributed by atoms with Gasteiger partial charge in [-0.1, -0.05) is 23.7 Å². The standard InChI is InChI=1S/C19H21ClN2O3S/c1-22(2)26(24,25)18-12-14(10-11-16(18)20)19(23)21-17-9-5-7-13-6-3-4-8-15(13)17/h5,7,9-12H,3-4,6,8H2,1-2H3,(H,21,23). The van der Waals surface area contributed by atoms with Crippen LogP contribution in [0, 0.1) is 0 Å². The van der Waals surface area contributed by atoms with Crippen LogP contribution in [0.5, 0.6) is 0 Å². The number of benzene rings is 2. The lowest BCUT2D eigenvalue weighted by Gasteiger charge is -2.20. The number of hydrogen-bond acceptors (Lipinski definition) is 3. The molecule has 1 aliphatic carbocycles. The van der Waals surface area contributed by atoms with E-state index in [1.807, 2.05) is 12.1 Å². The largest absolute Gasteiger partial charge is 0.322 e. The summed E-state index contributed by atoms with van der Waals surface area (Å²) >= 11 is 6.05. The summed E-state index contributed by atoms with van der Waals surface area (Å²) in [5.41, 5.74) is 3.48. The minimum absolute atomic E-state index is 0.0769. The van der Waals surface area contributed by atoms with Crippen molar-refractivity contribution in [3.05, 3.63) is 58.1 Å². The number of sulfonamides is 1. The highest BCUT2D eigenvalue weighted by Gasteiger charge is 2.23. The van der Waals surface area contributed by atoms with Gasteiger partial charge in [0.25, 0.3) is 5.91 Å². The maximum Gasteiger partial charge on any atom is 0.255 e. The molecule has 0 radical (unpaired) electrons. The number of fused-ring (bicyclic) bond motifs is 1. The number of anilines is 1. The van der Waals surface area contributed by atoms with E-state index in [-0.39, 0.29) is 21.4 Å². The van der Waals surface area contributed by atoms with Crippen molar-refractivity contribution in [1.29, 1.82) is 0 Å². The van der Waals surface area contributed by atoms with Crippen molar-refractivity contribution in [3.63, 3.8) is 0 Å². The molecule has 0 bridgehead atoms. The Morgan fingerprint density at radius 1 is 1.12 bits per heavy atom. The molecule has 138 valence electrons. The van der Waals surface area contributed by atoms with Gasteiger partial charge in [-0.05, 0) is 61.1 Å². The fourth-order valence-electron chi connectivity index (χ4n) is 3.13. The highest BCUT2D eigenvalue weighted by Crippen LogP contribution is 2.29. The van der Waals surface area contributed by atoms with Crippen LogP contribution in [-0.4, -0.2) is 32.7 Å². The number of carbonyl (C=O) groups excluding carboxylic acids is 1. The Bertz CT molecular complexity index is 955. The van der Waals surface area contributed by atoms with Gasteiger partial charge in [0.05, 0.1) is 5.02 Å². The first-order chi connectivity index (χ1) is 12.3. The summed E-state index contributed by atoms with van der Waals surface area (Å²) < 4.78 is 25.8. The highest BCUT2D eigenvalue weighted by atomic mass is 35.5. The smallest absolute Gasteiger partial charge is 0.255 e. The van der Waals surface area contributed by atoms with E-state index in [0.29, 0.717) is 0 Å². The third-order valence-corrected chi connectivity index (χ3v) is 6.89. The Kier molecular flexibility index (Phi) is 5.37. The SMILES string of the molecule is CN(C)S(=O)(=O)c1cc(C(=O)Nc2cccc3c2CCCC3)ccc1Cl. The molecule has 1 N–H and O–H groups in total. The lowest BCUT2D eigenvalue weighted by atomic mass is 9.90. The molecule has 0 aromatic heterocycles. The zero-order valence-corrected chi connectivity index (χ0v) is 16.3. The number of halogens is 1. The molecular weight excluding hydrogens is 372 g/mol. The second-order valence-corrected chi connectivity index (χ2v) is 9.06. The zero-order chi connectivity index (χ0) is 18.9. The topological polar surface area (TPSA) is 66.5 Å². The van der Waals surface area contributed by atoms with E-state index in [1.165, 1.54) is 43.4 Å². The molecular formula is C19H21ClN2O3S. The quantitative estimate of drug-likeness (QED) is 0.862. The number of amides is 1. The van der Waals surface area contributed by atoms with Gasteiger partial charge < -0.3 is 5.32 Å². The maximum absolute atomic E-state index is 12.7. The number of carbonyl (C=O) groups is 1. The van der Waals surface area contributed by atoms with Crippen molar-refractivity contribution in [3.8, 4) is 0 Å². The molecule has 0 aliphatic heterocycles. The molecule has 26 heavy (non-hydrogen) atoms. The molecule has 1 aliphatic rings. The molecule has 2 aromatic carbocycles. The number of hydrogen-bond donors (Lipinski definition) is 1. The van der Waals surface area contributed by atoms with Crippen LogP contribution < -0.4 is 5.32 Å². The Balaban J connectivity index is 1.93. The number of nitrogens with zero attached hydrogens (tertiary/aromatic N) is 1. The first-order valence-electron chi connectivity index (χ1n) is 8.45. The number of rotatable bonds is 4. The lowest BCUT2D eigenvalue weighted by Crippen LogP contribution is -2.23. The summed E-state index contributed by atoms with van der Waals surface area (Å²) in [4.78, 5) is 12.6. The predicted octanol–water partition coefficient (Wildman–Crippen LogP) is 3.72. The van der Waals surface area contributed by atoms with Crippen molar-refractivity contribution in [2.24, 2.45) is 0 Å². The van der Waals surface area contributed by atoms with Crippen LogP contribution in [0.15, 0.2) is 41.3 Å². The van der Waals surface area contributed by atoms with Crippen molar-refractivity contribution >= 4 is 33.2 Å². The average molecular weight is 393 g/mol. The molecule has 3 rings (SSSR count). The van der Waals surface area contributed by atoms with E-state index in [9.17, 15) is 13.2 Å². The fraction of sp³-hybridized carbons (Fsp3) is 0.316. The Hall–Kier alpha value is -1.89. The van der Waals surface area contributed by atoms with E-state index >= 15 is 0 Å². The molecule has 0 fully saturated rings. The van der Waals surface area contributed by atoms with Gasteiger partial charge in [0.2, 0.25) is 10.0 Å². The van der Waals surface area contributed by atoms with Crippen LogP contribution in [-0.2, 0) is 22.9 Å². The molecule has 0 spiro atoms. The van der Waals surface area contributed by atoms with Crippen LogP contribution in [0.2, 0.25) is 5.02 Å². The second kappa shape index (κ2) is 7.39. The monoisotopic (exact) mass is 392 g/mol. The van der Waals surface area contributed by atoms with Gasteiger partial charge >= 0.3 is 0 Å². The fourth-order valence-corrected chi connectivity index (χ4v) is 4.53. The summed E-state index contributed by atoms with van der Waals surface area (Å²) in [7, 11) is -0.879. The van der Waals surface area contributed by atoms with Gasteiger partial charge in [-0.2, -0.15) is 0 Å². The first kappa shape index (κ1) is 18.9. The van der Waals surface area contributed by atoms with Crippen molar-refractivity contribution in [1.82, 2.24) is 4.31 Å². The Morgan fingerprint density at radius 3 is 2.58 bits per heavy atom. The summed E-state index contributed by atoms with van der Waals surface area (Å²) in [6.07, 6.45) is 4.22. The predicted molar refractivity (Wildman–Crippen MR) is 103 cm³/mol. The van der Waals surface area contributed by atoms with Crippen LogP contribution in [0.3, 0.4) is 0 Å².